The Hall–Kier alpha value is -2.36. The van der Waals surface area contributed by atoms with Crippen LogP contribution in [-0.4, -0.2) is 22.8 Å². The topological polar surface area (TPSA) is 44.1 Å². The van der Waals surface area contributed by atoms with Gasteiger partial charge in [-0.2, -0.15) is 0 Å². The van der Waals surface area contributed by atoms with Crippen LogP contribution in [0.4, 0.5) is 4.79 Å². The SMILES string of the molecule is COC(=O)n1c2ccc(C)cc2c2ccncc21. The number of hydrogen-bond acceptors (Lipinski definition) is 3. The second-order valence-electron chi connectivity index (χ2n) is 4.22. The van der Waals surface area contributed by atoms with Crippen molar-refractivity contribution in [1.29, 1.82) is 0 Å². The van der Waals surface area contributed by atoms with Crippen molar-refractivity contribution in [2.24, 2.45) is 0 Å². The van der Waals surface area contributed by atoms with Gasteiger partial charge in [0, 0.05) is 17.0 Å². The number of aryl methyl sites for hydroxylation is 1. The molecule has 3 aromatic rings. The molecule has 0 N–H and O–H groups in total. The first-order valence-corrected chi connectivity index (χ1v) is 5.65. The molecule has 0 saturated heterocycles. The van der Waals surface area contributed by atoms with Crippen molar-refractivity contribution in [3.63, 3.8) is 0 Å². The fourth-order valence-corrected chi connectivity index (χ4v) is 2.27. The van der Waals surface area contributed by atoms with Crippen LogP contribution in [0.25, 0.3) is 21.8 Å². The number of aromatic nitrogens is 2. The van der Waals surface area contributed by atoms with E-state index < -0.39 is 6.09 Å². The number of fused-ring (bicyclic) bond motifs is 3. The summed E-state index contributed by atoms with van der Waals surface area (Å²) in [4.78, 5) is 16.0. The fraction of sp³-hybridized carbons (Fsp3) is 0.143. The van der Waals surface area contributed by atoms with E-state index in [1.165, 1.54) is 7.11 Å². The maximum Gasteiger partial charge on any atom is 0.418 e. The lowest BCUT2D eigenvalue weighted by molar-refractivity contribution is 0.175. The van der Waals surface area contributed by atoms with Crippen molar-refractivity contribution < 1.29 is 9.53 Å². The number of benzene rings is 1. The number of methoxy groups -OCH3 is 1. The van der Waals surface area contributed by atoms with Crippen molar-refractivity contribution >= 4 is 27.9 Å². The standard InChI is InChI=1S/C14H12N2O2/c1-9-3-4-12-11(7-9)10-5-6-15-8-13(10)16(12)14(17)18-2/h3-8H,1-2H3. The molecule has 2 aromatic heterocycles. The number of hydrogen-bond donors (Lipinski definition) is 0. The zero-order valence-electron chi connectivity index (χ0n) is 10.2. The van der Waals surface area contributed by atoms with Crippen LogP contribution in [0, 0.1) is 6.92 Å². The Balaban J connectivity index is 2.54. The van der Waals surface area contributed by atoms with Crippen LogP contribution in [0.2, 0.25) is 0 Å². The molecule has 0 fully saturated rings. The Labute approximate surface area is 104 Å². The lowest BCUT2D eigenvalue weighted by Crippen LogP contribution is -2.10. The first-order chi connectivity index (χ1) is 8.72. The highest BCUT2D eigenvalue weighted by atomic mass is 16.5. The molecule has 90 valence electrons. The van der Waals surface area contributed by atoms with Crippen LogP contribution in [0.5, 0.6) is 0 Å². The summed E-state index contributed by atoms with van der Waals surface area (Å²) in [5.41, 5.74) is 2.77. The maximum atomic E-state index is 11.9. The van der Waals surface area contributed by atoms with Gasteiger partial charge in [0.15, 0.2) is 0 Å². The van der Waals surface area contributed by atoms with Crippen molar-refractivity contribution in [3.05, 3.63) is 42.2 Å². The van der Waals surface area contributed by atoms with Gasteiger partial charge in [-0.05, 0) is 25.1 Å². The number of ether oxygens (including phenoxy) is 1. The van der Waals surface area contributed by atoms with Gasteiger partial charge in [0.25, 0.3) is 0 Å². The molecule has 0 atom stereocenters. The van der Waals surface area contributed by atoms with Crippen molar-refractivity contribution in [2.75, 3.05) is 7.11 Å². The molecule has 2 heterocycles. The lowest BCUT2D eigenvalue weighted by Gasteiger charge is -2.03. The van der Waals surface area contributed by atoms with Crippen molar-refractivity contribution in [1.82, 2.24) is 9.55 Å². The van der Waals surface area contributed by atoms with E-state index in [2.05, 4.69) is 11.1 Å². The minimum Gasteiger partial charge on any atom is -0.452 e. The minimum atomic E-state index is -0.396. The molecule has 0 bridgehead atoms. The average molecular weight is 240 g/mol. The first-order valence-electron chi connectivity index (χ1n) is 5.65. The largest absolute Gasteiger partial charge is 0.452 e. The third-order valence-electron chi connectivity index (χ3n) is 3.08. The zero-order chi connectivity index (χ0) is 12.7. The van der Waals surface area contributed by atoms with Crippen LogP contribution >= 0.6 is 0 Å². The normalized spacial score (nSPS) is 11.0. The van der Waals surface area contributed by atoms with Gasteiger partial charge in [-0.15, -0.1) is 0 Å². The van der Waals surface area contributed by atoms with Gasteiger partial charge in [-0.25, -0.2) is 9.36 Å². The van der Waals surface area contributed by atoms with Crippen LogP contribution in [-0.2, 0) is 4.74 Å². The highest BCUT2D eigenvalue weighted by molar-refractivity contribution is 6.12. The molecule has 0 aliphatic heterocycles. The third kappa shape index (κ3) is 1.39. The summed E-state index contributed by atoms with van der Waals surface area (Å²) in [5, 5.41) is 2.05. The van der Waals surface area contributed by atoms with Gasteiger partial charge in [-0.3, -0.25) is 4.98 Å². The van der Waals surface area contributed by atoms with E-state index in [0.29, 0.717) is 0 Å². The van der Waals surface area contributed by atoms with E-state index in [0.717, 1.165) is 27.4 Å². The van der Waals surface area contributed by atoms with Crippen LogP contribution in [0.15, 0.2) is 36.7 Å². The van der Waals surface area contributed by atoms with Gasteiger partial charge in [0.05, 0.1) is 24.3 Å². The zero-order valence-corrected chi connectivity index (χ0v) is 10.2. The summed E-state index contributed by atoms with van der Waals surface area (Å²) in [5.74, 6) is 0. The van der Waals surface area contributed by atoms with Gasteiger partial charge in [0.1, 0.15) is 0 Å². The highest BCUT2D eigenvalue weighted by Gasteiger charge is 2.15. The van der Waals surface area contributed by atoms with Crippen LogP contribution < -0.4 is 0 Å². The van der Waals surface area contributed by atoms with E-state index >= 15 is 0 Å². The number of nitrogens with zero attached hydrogens (tertiary/aromatic N) is 2. The average Bonchev–Trinajstić information content (AvgIpc) is 2.72. The number of rotatable bonds is 0. The van der Waals surface area contributed by atoms with Gasteiger partial charge < -0.3 is 4.74 Å². The molecule has 0 aliphatic carbocycles. The minimum absolute atomic E-state index is 0.396. The molecular weight excluding hydrogens is 228 g/mol. The summed E-state index contributed by atoms with van der Waals surface area (Å²) in [6.07, 6.45) is 3.01. The Bertz CT molecular complexity index is 759. The van der Waals surface area contributed by atoms with E-state index in [-0.39, 0.29) is 0 Å². The van der Waals surface area contributed by atoms with E-state index in [4.69, 9.17) is 4.74 Å². The molecule has 4 heteroatoms. The highest BCUT2D eigenvalue weighted by Crippen LogP contribution is 2.29. The lowest BCUT2D eigenvalue weighted by atomic mass is 10.1. The predicted octanol–water partition coefficient (Wildman–Crippen LogP) is 3.11. The predicted molar refractivity (Wildman–Crippen MR) is 69.8 cm³/mol. The molecule has 0 saturated carbocycles. The van der Waals surface area contributed by atoms with Crippen molar-refractivity contribution in [3.8, 4) is 0 Å². The first kappa shape index (κ1) is 10.8. The van der Waals surface area contributed by atoms with Gasteiger partial charge >= 0.3 is 6.09 Å². The monoisotopic (exact) mass is 240 g/mol. The molecule has 3 rings (SSSR count). The summed E-state index contributed by atoms with van der Waals surface area (Å²) >= 11 is 0. The summed E-state index contributed by atoms with van der Waals surface area (Å²) in [6, 6.07) is 7.89. The fourth-order valence-electron chi connectivity index (χ4n) is 2.27. The number of carbonyl (C=O) groups excluding carboxylic acids is 1. The molecule has 0 aliphatic rings. The molecule has 0 unspecified atom stereocenters. The molecule has 0 spiro atoms. The van der Waals surface area contributed by atoms with Crippen molar-refractivity contribution in [2.45, 2.75) is 6.92 Å². The third-order valence-corrected chi connectivity index (χ3v) is 3.08. The smallest absolute Gasteiger partial charge is 0.418 e. The maximum absolute atomic E-state index is 11.9. The van der Waals surface area contributed by atoms with Crippen LogP contribution in [0.1, 0.15) is 5.56 Å². The van der Waals surface area contributed by atoms with Crippen LogP contribution in [0.3, 0.4) is 0 Å². The Morgan fingerprint density at radius 3 is 2.83 bits per heavy atom. The summed E-state index contributed by atoms with van der Waals surface area (Å²) in [6.45, 7) is 2.03. The van der Waals surface area contributed by atoms with E-state index in [1.54, 1.807) is 17.0 Å². The van der Waals surface area contributed by atoms with E-state index in [9.17, 15) is 4.79 Å². The Morgan fingerprint density at radius 2 is 2.06 bits per heavy atom. The molecular formula is C14H12N2O2. The molecule has 0 radical (unpaired) electrons. The molecule has 4 nitrogen and oxygen atoms in total. The number of carbonyl (C=O) groups is 1. The molecule has 1 aromatic carbocycles. The summed E-state index contributed by atoms with van der Waals surface area (Å²) in [7, 11) is 1.38. The second kappa shape index (κ2) is 3.84. The van der Waals surface area contributed by atoms with Gasteiger partial charge in [0.2, 0.25) is 0 Å². The quantitative estimate of drug-likeness (QED) is 0.606. The number of pyridine rings is 1. The van der Waals surface area contributed by atoms with E-state index in [1.807, 2.05) is 25.1 Å². The Kier molecular flexibility index (Phi) is 2.30. The Morgan fingerprint density at radius 1 is 1.22 bits per heavy atom. The second-order valence-corrected chi connectivity index (χ2v) is 4.22. The summed E-state index contributed by atoms with van der Waals surface area (Å²) < 4.78 is 6.39. The molecule has 0 amide bonds. The van der Waals surface area contributed by atoms with Gasteiger partial charge in [-0.1, -0.05) is 11.6 Å². The molecule has 18 heavy (non-hydrogen) atoms.